The SMILES string of the molecule is CCOC(=O)[C@@H](NC(=O)CNc1ccc(OC)cc1)C(C)C. The molecular weight excluding hydrogens is 284 g/mol. The summed E-state index contributed by atoms with van der Waals surface area (Å²) in [4.78, 5) is 23.8. The molecule has 0 saturated carbocycles. The average molecular weight is 308 g/mol. The first-order chi connectivity index (χ1) is 10.5. The molecule has 6 heteroatoms. The Morgan fingerprint density at radius 3 is 2.32 bits per heavy atom. The molecule has 0 heterocycles. The lowest BCUT2D eigenvalue weighted by atomic mass is 10.0. The van der Waals surface area contributed by atoms with Crippen molar-refractivity contribution in [1.82, 2.24) is 5.32 Å². The number of hydrogen-bond donors (Lipinski definition) is 2. The van der Waals surface area contributed by atoms with Crippen LogP contribution in [0.15, 0.2) is 24.3 Å². The fourth-order valence-corrected chi connectivity index (χ4v) is 1.85. The van der Waals surface area contributed by atoms with Crippen LogP contribution in [0.4, 0.5) is 5.69 Å². The number of ether oxygens (including phenoxy) is 2. The fourth-order valence-electron chi connectivity index (χ4n) is 1.85. The molecule has 0 saturated heterocycles. The van der Waals surface area contributed by atoms with Crippen LogP contribution >= 0.6 is 0 Å². The van der Waals surface area contributed by atoms with Crippen molar-refractivity contribution in [2.75, 3.05) is 25.6 Å². The van der Waals surface area contributed by atoms with Gasteiger partial charge in [0.05, 0.1) is 20.3 Å². The Balaban J connectivity index is 2.50. The highest BCUT2D eigenvalue weighted by Crippen LogP contribution is 2.14. The largest absolute Gasteiger partial charge is 0.497 e. The van der Waals surface area contributed by atoms with E-state index in [1.54, 1.807) is 26.2 Å². The Labute approximate surface area is 131 Å². The number of amides is 1. The van der Waals surface area contributed by atoms with Gasteiger partial charge < -0.3 is 20.1 Å². The smallest absolute Gasteiger partial charge is 0.328 e. The highest BCUT2D eigenvalue weighted by molar-refractivity contribution is 5.87. The summed E-state index contributed by atoms with van der Waals surface area (Å²) in [7, 11) is 1.59. The predicted octanol–water partition coefficient (Wildman–Crippen LogP) is 1.81. The van der Waals surface area contributed by atoms with Gasteiger partial charge in [-0.05, 0) is 37.1 Å². The maximum Gasteiger partial charge on any atom is 0.328 e. The van der Waals surface area contributed by atoms with Crippen molar-refractivity contribution < 1.29 is 19.1 Å². The Morgan fingerprint density at radius 2 is 1.82 bits per heavy atom. The number of hydrogen-bond acceptors (Lipinski definition) is 5. The minimum Gasteiger partial charge on any atom is -0.497 e. The first-order valence-electron chi connectivity index (χ1n) is 7.31. The van der Waals surface area contributed by atoms with E-state index in [1.165, 1.54) is 0 Å². The molecule has 122 valence electrons. The van der Waals surface area contributed by atoms with E-state index in [0.717, 1.165) is 11.4 Å². The average Bonchev–Trinajstić information content (AvgIpc) is 2.51. The van der Waals surface area contributed by atoms with Gasteiger partial charge in [0.2, 0.25) is 5.91 Å². The third-order valence-corrected chi connectivity index (χ3v) is 3.07. The molecule has 1 aromatic carbocycles. The van der Waals surface area contributed by atoms with Crippen LogP contribution in [0.25, 0.3) is 0 Å². The predicted molar refractivity (Wildman–Crippen MR) is 84.9 cm³/mol. The molecule has 6 nitrogen and oxygen atoms in total. The van der Waals surface area contributed by atoms with Crippen molar-refractivity contribution in [1.29, 1.82) is 0 Å². The molecule has 0 aliphatic rings. The van der Waals surface area contributed by atoms with Crippen LogP contribution in [0.3, 0.4) is 0 Å². The van der Waals surface area contributed by atoms with Crippen molar-refractivity contribution in [2.24, 2.45) is 5.92 Å². The van der Waals surface area contributed by atoms with Crippen molar-refractivity contribution >= 4 is 17.6 Å². The van der Waals surface area contributed by atoms with Gasteiger partial charge in [-0.1, -0.05) is 13.8 Å². The van der Waals surface area contributed by atoms with E-state index in [9.17, 15) is 9.59 Å². The summed E-state index contributed by atoms with van der Waals surface area (Å²) in [6.45, 7) is 5.83. The fraction of sp³-hybridized carbons (Fsp3) is 0.500. The number of esters is 1. The minimum atomic E-state index is -0.634. The van der Waals surface area contributed by atoms with Gasteiger partial charge in [0.15, 0.2) is 0 Å². The van der Waals surface area contributed by atoms with Gasteiger partial charge in [0, 0.05) is 5.69 Å². The van der Waals surface area contributed by atoms with E-state index in [1.807, 2.05) is 26.0 Å². The summed E-state index contributed by atoms with van der Waals surface area (Å²) in [5, 5.41) is 5.68. The standard InChI is InChI=1S/C16H24N2O4/c1-5-22-16(20)15(11(2)3)18-14(19)10-17-12-6-8-13(21-4)9-7-12/h6-9,11,15,17H,5,10H2,1-4H3,(H,18,19)/t15-/m0/s1. The molecule has 0 fully saturated rings. The summed E-state index contributed by atoms with van der Waals surface area (Å²) in [6.07, 6.45) is 0. The molecule has 0 spiro atoms. The Bertz CT molecular complexity index is 485. The number of methoxy groups -OCH3 is 1. The van der Waals surface area contributed by atoms with E-state index in [0.29, 0.717) is 6.61 Å². The molecule has 0 bridgehead atoms. The molecule has 1 aromatic rings. The Hall–Kier alpha value is -2.24. The van der Waals surface area contributed by atoms with Crippen LogP contribution in [-0.4, -0.2) is 38.2 Å². The highest BCUT2D eigenvalue weighted by Gasteiger charge is 2.25. The van der Waals surface area contributed by atoms with Gasteiger partial charge in [-0.15, -0.1) is 0 Å². The highest BCUT2D eigenvalue weighted by atomic mass is 16.5. The van der Waals surface area contributed by atoms with Crippen LogP contribution in [0.2, 0.25) is 0 Å². The maximum absolute atomic E-state index is 12.0. The monoisotopic (exact) mass is 308 g/mol. The van der Waals surface area contributed by atoms with Crippen LogP contribution in [0.1, 0.15) is 20.8 Å². The Morgan fingerprint density at radius 1 is 1.18 bits per heavy atom. The van der Waals surface area contributed by atoms with Gasteiger partial charge in [-0.25, -0.2) is 4.79 Å². The lowest BCUT2D eigenvalue weighted by Gasteiger charge is -2.20. The summed E-state index contributed by atoms with van der Waals surface area (Å²) in [5.74, 6) is 0.0408. The number of nitrogens with one attached hydrogen (secondary N) is 2. The molecule has 1 amide bonds. The zero-order valence-electron chi connectivity index (χ0n) is 13.5. The van der Waals surface area contributed by atoms with Crippen LogP contribution in [-0.2, 0) is 14.3 Å². The summed E-state index contributed by atoms with van der Waals surface area (Å²) in [6, 6.07) is 6.60. The summed E-state index contributed by atoms with van der Waals surface area (Å²) >= 11 is 0. The van der Waals surface area contributed by atoms with Gasteiger partial charge in [-0.2, -0.15) is 0 Å². The molecule has 0 radical (unpaired) electrons. The normalized spacial score (nSPS) is 11.7. The van der Waals surface area contributed by atoms with Crippen molar-refractivity contribution in [3.8, 4) is 5.75 Å². The van der Waals surface area contributed by atoms with Crippen LogP contribution in [0, 0.1) is 5.92 Å². The Kier molecular flexibility index (Phi) is 7.22. The van der Waals surface area contributed by atoms with Gasteiger partial charge in [0.25, 0.3) is 0 Å². The van der Waals surface area contributed by atoms with E-state index in [2.05, 4.69) is 10.6 Å². The van der Waals surface area contributed by atoms with Crippen LogP contribution in [0.5, 0.6) is 5.75 Å². The molecule has 0 aromatic heterocycles. The zero-order chi connectivity index (χ0) is 16.5. The quantitative estimate of drug-likeness (QED) is 0.716. The van der Waals surface area contributed by atoms with Crippen molar-refractivity contribution in [3.05, 3.63) is 24.3 Å². The molecule has 0 aliphatic carbocycles. The van der Waals surface area contributed by atoms with Crippen molar-refractivity contribution in [2.45, 2.75) is 26.8 Å². The first kappa shape index (κ1) is 17.8. The number of anilines is 1. The second-order valence-electron chi connectivity index (χ2n) is 5.12. The van der Waals surface area contributed by atoms with E-state index in [-0.39, 0.29) is 18.4 Å². The van der Waals surface area contributed by atoms with E-state index in [4.69, 9.17) is 9.47 Å². The molecule has 0 unspecified atom stereocenters. The van der Waals surface area contributed by atoms with Crippen molar-refractivity contribution in [3.63, 3.8) is 0 Å². The molecular formula is C16H24N2O4. The van der Waals surface area contributed by atoms with E-state index >= 15 is 0 Å². The zero-order valence-corrected chi connectivity index (χ0v) is 13.5. The lowest BCUT2D eigenvalue weighted by Crippen LogP contribution is -2.47. The maximum atomic E-state index is 12.0. The number of carbonyl (C=O) groups is 2. The number of carbonyl (C=O) groups excluding carboxylic acids is 2. The minimum absolute atomic E-state index is 0.0380. The van der Waals surface area contributed by atoms with Crippen LogP contribution < -0.4 is 15.4 Å². The van der Waals surface area contributed by atoms with Gasteiger partial charge >= 0.3 is 5.97 Å². The second kappa shape index (κ2) is 8.92. The third kappa shape index (κ3) is 5.63. The molecule has 1 atom stereocenters. The lowest BCUT2D eigenvalue weighted by molar-refractivity contribution is -0.148. The van der Waals surface area contributed by atoms with Gasteiger partial charge in [0.1, 0.15) is 11.8 Å². The number of benzene rings is 1. The number of rotatable bonds is 8. The second-order valence-corrected chi connectivity index (χ2v) is 5.12. The topological polar surface area (TPSA) is 76.7 Å². The summed E-state index contributed by atoms with van der Waals surface area (Å²) in [5.41, 5.74) is 0.799. The van der Waals surface area contributed by atoms with Gasteiger partial charge in [-0.3, -0.25) is 4.79 Å². The first-order valence-corrected chi connectivity index (χ1v) is 7.31. The molecule has 2 N–H and O–H groups in total. The van der Waals surface area contributed by atoms with E-state index < -0.39 is 12.0 Å². The molecule has 1 rings (SSSR count). The summed E-state index contributed by atoms with van der Waals surface area (Å²) < 4.78 is 10.0. The molecule has 0 aliphatic heterocycles. The molecule has 22 heavy (non-hydrogen) atoms. The third-order valence-electron chi connectivity index (χ3n) is 3.07.